The number of hydrogen-bond donors (Lipinski definition) is 1. The van der Waals surface area contributed by atoms with Gasteiger partial charge in [-0.1, -0.05) is 12.1 Å². The molecule has 3 aromatic rings. The summed E-state index contributed by atoms with van der Waals surface area (Å²) in [5.74, 6) is 1.06. The first-order chi connectivity index (χ1) is 10.1. The van der Waals surface area contributed by atoms with E-state index in [4.69, 9.17) is 14.9 Å². The van der Waals surface area contributed by atoms with Crippen LogP contribution in [0, 0.1) is 12.7 Å². The van der Waals surface area contributed by atoms with Gasteiger partial charge in [-0.2, -0.15) is 0 Å². The summed E-state index contributed by atoms with van der Waals surface area (Å²) in [7, 11) is 1.60. The first-order valence-corrected chi connectivity index (χ1v) is 6.67. The Morgan fingerprint density at radius 1 is 1.14 bits per heavy atom. The van der Waals surface area contributed by atoms with Crippen LogP contribution in [0.15, 0.2) is 46.9 Å². The number of methoxy groups -OCH3 is 1. The van der Waals surface area contributed by atoms with Crippen molar-refractivity contribution < 1.29 is 13.5 Å². The maximum atomic E-state index is 13.7. The average Bonchev–Trinajstić information content (AvgIpc) is 2.92. The van der Waals surface area contributed by atoms with Gasteiger partial charge in [-0.25, -0.2) is 4.39 Å². The zero-order chi connectivity index (χ0) is 15.0. The van der Waals surface area contributed by atoms with E-state index in [2.05, 4.69) is 0 Å². The molecule has 0 amide bonds. The van der Waals surface area contributed by atoms with E-state index in [1.54, 1.807) is 26.2 Å². The molecule has 1 unspecified atom stereocenters. The molecule has 4 heteroatoms. The molecule has 0 radical (unpaired) electrons. The topological polar surface area (TPSA) is 48.4 Å². The molecule has 0 aliphatic carbocycles. The van der Waals surface area contributed by atoms with E-state index in [9.17, 15) is 4.39 Å². The Morgan fingerprint density at radius 3 is 2.67 bits per heavy atom. The van der Waals surface area contributed by atoms with Crippen LogP contribution in [0.2, 0.25) is 0 Å². The van der Waals surface area contributed by atoms with Crippen molar-refractivity contribution in [3.8, 4) is 5.75 Å². The van der Waals surface area contributed by atoms with E-state index in [-0.39, 0.29) is 5.82 Å². The summed E-state index contributed by atoms with van der Waals surface area (Å²) in [5.41, 5.74) is 8.16. The number of furan rings is 1. The third-order valence-corrected chi connectivity index (χ3v) is 3.61. The molecule has 3 rings (SSSR count). The van der Waals surface area contributed by atoms with Crippen LogP contribution in [-0.4, -0.2) is 7.11 Å². The fourth-order valence-corrected chi connectivity index (χ4v) is 2.28. The molecule has 0 aliphatic heterocycles. The third-order valence-electron chi connectivity index (χ3n) is 3.61. The average molecular weight is 285 g/mol. The van der Waals surface area contributed by atoms with Crippen LogP contribution >= 0.6 is 0 Å². The van der Waals surface area contributed by atoms with Gasteiger partial charge in [-0.15, -0.1) is 0 Å². The van der Waals surface area contributed by atoms with E-state index >= 15 is 0 Å². The van der Waals surface area contributed by atoms with Gasteiger partial charge in [0, 0.05) is 11.5 Å². The van der Waals surface area contributed by atoms with Crippen LogP contribution in [0.4, 0.5) is 4.39 Å². The normalized spacial score (nSPS) is 12.6. The lowest BCUT2D eigenvalue weighted by molar-refractivity contribution is 0.414. The predicted octanol–water partition coefficient (Wildman–Crippen LogP) is 3.94. The number of fused-ring (bicyclic) bond motifs is 1. The number of nitrogens with two attached hydrogens (primary N) is 1. The van der Waals surface area contributed by atoms with E-state index in [0.29, 0.717) is 22.5 Å². The van der Waals surface area contributed by atoms with Gasteiger partial charge in [0.05, 0.1) is 13.2 Å². The molecule has 0 saturated heterocycles. The minimum absolute atomic E-state index is 0.263. The Bertz CT molecular complexity index is 795. The van der Waals surface area contributed by atoms with Crippen molar-refractivity contribution in [3.63, 3.8) is 0 Å². The maximum absolute atomic E-state index is 13.7. The molecule has 3 nitrogen and oxygen atoms in total. The highest BCUT2D eigenvalue weighted by Crippen LogP contribution is 2.29. The summed E-state index contributed by atoms with van der Waals surface area (Å²) >= 11 is 0. The summed E-state index contributed by atoms with van der Waals surface area (Å²) in [6, 6.07) is 11.9. The number of ether oxygens (including phenoxy) is 1. The quantitative estimate of drug-likeness (QED) is 0.793. The second-order valence-corrected chi connectivity index (χ2v) is 5.04. The first-order valence-electron chi connectivity index (χ1n) is 6.67. The van der Waals surface area contributed by atoms with Crippen LogP contribution in [0.25, 0.3) is 11.0 Å². The molecular formula is C17H16FNO2. The van der Waals surface area contributed by atoms with Crippen molar-refractivity contribution in [2.75, 3.05) is 7.11 Å². The molecule has 0 aliphatic rings. The van der Waals surface area contributed by atoms with Gasteiger partial charge in [0.2, 0.25) is 0 Å². The van der Waals surface area contributed by atoms with E-state index in [0.717, 1.165) is 11.1 Å². The number of benzene rings is 2. The first kappa shape index (κ1) is 13.6. The van der Waals surface area contributed by atoms with Crippen molar-refractivity contribution in [2.24, 2.45) is 5.73 Å². The molecule has 1 heterocycles. The predicted molar refractivity (Wildman–Crippen MR) is 79.9 cm³/mol. The van der Waals surface area contributed by atoms with Gasteiger partial charge >= 0.3 is 0 Å². The summed E-state index contributed by atoms with van der Waals surface area (Å²) < 4.78 is 24.6. The van der Waals surface area contributed by atoms with Crippen molar-refractivity contribution in [3.05, 3.63) is 65.2 Å². The van der Waals surface area contributed by atoms with E-state index in [1.807, 2.05) is 24.3 Å². The Kier molecular flexibility index (Phi) is 3.39. The molecule has 1 atom stereocenters. The Hall–Kier alpha value is -2.33. The van der Waals surface area contributed by atoms with Crippen LogP contribution in [0.1, 0.15) is 22.9 Å². The fourth-order valence-electron chi connectivity index (χ4n) is 2.28. The Labute approximate surface area is 122 Å². The summed E-state index contributed by atoms with van der Waals surface area (Å²) in [6.07, 6.45) is 0. The highest BCUT2D eigenvalue weighted by Gasteiger charge is 2.15. The zero-order valence-corrected chi connectivity index (χ0v) is 11.9. The number of hydrogen-bond acceptors (Lipinski definition) is 3. The molecule has 0 spiro atoms. The molecule has 1 aromatic heterocycles. The minimum atomic E-state index is -0.501. The Balaban J connectivity index is 2.00. The largest absolute Gasteiger partial charge is 0.497 e. The molecular weight excluding hydrogens is 269 g/mol. The smallest absolute Gasteiger partial charge is 0.138 e. The summed E-state index contributed by atoms with van der Waals surface area (Å²) in [5, 5.41) is 0.939. The van der Waals surface area contributed by atoms with Gasteiger partial charge in [-0.05, 0) is 42.3 Å². The van der Waals surface area contributed by atoms with Crippen LogP contribution in [0.3, 0.4) is 0 Å². The molecule has 0 bridgehead atoms. The highest BCUT2D eigenvalue weighted by atomic mass is 19.1. The SMILES string of the molecule is COc1ccc2cc(C(N)c3ccc(C)c(F)c3)oc2c1. The molecule has 0 saturated carbocycles. The van der Waals surface area contributed by atoms with Crippen LogP contribution in [-0.2, 0) is 0 Å². The zero-order valence-electron chi connectivity index (χ0n) is 11.9. The summed E-state index contributed by atoms with van der Waals surface area (Å²) in [4.78, 5) is 0. The molecule has 0 fully saturated rings. The van der Waals surface area contributed by atoms with Crippen molar-refractivity contribution in [1.29, 1.82) is 0 Å². The lowest BCUT2D eigenvalue weighted by Crippen LogP contribution is -2.11. The highest BCUT2D eigenvalue weighted by molar-refractivity contribution is 5.79. The van der Waals surface area contributed by atoms with Gasteiger partial charge in [-0.3, -0.25) is 0 Å². The minimum Gasteiger partial charge on any atom is -0.497 e. The second kappa shape index (κ2) is 5.22. The third kappa shape index (κ3) is 2.50. The molecule has 21 heavy (non-hydrogen) atoms. The monoisotopic (exact) mass is 285 g/mol. The number of rotatable bonds is 3. The lowest BCUT2D eigenvalue weighted by Gasteiger charge is -2.09. The van der Waals surface area contributed by atoms with Crippen LogP contribution < -0.4 is 10.5 Å². The molecule has 108 valence electrons. The van der Waals surface area contributed by atoms with Crippen molar-refractivity contribution >= 4 is 11.0 Å². The Morgan fingerprint density at radius 2 is 1.95 bits per heavy atom. The van der Waals surface area contributed by atoms with E-state index in [1.165, 1.54) is 6.07 Å². The fraction of sp³-hybridized carbons (Fsp3) is 0.176. The van der Waals surface area contributed by atoms with Gasteiger partial charge in [0.15, 0.2) is 0 Å². The van der Waals surface area contributed by atoms with Gasteiger partial charge < -0.3 is 14.9 Å². The van der Waals surface area contributed by atoms with Crippen molar-refractivity contribution in [1.82, 2.24) is 0 Å². The second-order valence-electron chi connectivity index (χ2n) is 5.04. The van der Waals surface area contributed by atoms with Gasteiger partial charge in [0.25, 0.3) is 0 Å². The number of halogens is 1. The van der Waals surface area contributed by atoms with Crippen molar-refractivity contribution in [2.45, 2.75) is 13.0 Å². The maximum Gasteiger partial charge on any atom is 0.138 e. The number of aryl methyl sites for hydroxylation is 1. The van der Waals surface area contributed by atoms with E-state index < -0.39 is 6.04 Å². The standard InChI is InChI=1S/C17H16FNO2/c1-10-3-4-12(7-14(10)18)17(19)16-8-11-5-6-13(20-2)9-15(11)21-16/h3-9,17H,19H2,1-2H3. The van der Waals surface area contributed by atoms with Crippen LogP contribution in [0.5, 0.6) is 5.75 Å². The lowest BCUT2D eigenvalue weighted by atomic mass is 10.0. The molecule has 2 aromatic carbocycles. The summed E-state index contributed by atoms with van der Waals surface area (Å²) in [6.45, 7) is 1.72. The molecule has 2 N–H and O–H groups in total. The van der Waals surface area contributed by atoms with Gasteiger partial charge in [0.1, 0.15) is 22.9 Å².